The number of amides is 1. The molecule has 0 radical (unpaired) electrons. The Hall–Kier alpha value is -1.87. The lowest BCUT2D eigenvalue weighted by Gasteiger charge is -2.06. The van der Waals surface area contributed by atoms with E-state index in [1.165, 1.54) is 6.08 Å². The summed E-state index contributed by atoms with van der Waals surface area (Å²) in [5, 5.41) is 2.78. The van der Waals surface area contributed by atoms with Crippen LogP contribution in [-0.2, 0) is 11.3 Å². The lowest BCUT2D eigenvalue weighted by molar-refractivity contribution is -0.112. The van der Waals surface area contributed by atoms with Gasteiger partial charge in [0.1, 0.15) is 0 Å². The first-order valence-electron chi connectivity index (χ1n) is 5.10. The minimum absolute atomic E-state index is 0.155. The van der Waals surface area contributed by atoms with E-state index in [1.807, 2.05) is 24.3 Å². The summed E-state index contributed by atoms with van der Waals surface area (Å²) in [5.74, 6) is -0.155. The van der Waals surface area contributed by atoms with Crippen molar-refractivity contribution in [2.24, 2.45) is 5.73 Å². The maximum Gasteiger partial charge on any atom is 0.255 e. The molecule has 84 valence electrons. The van der Waals surface area contributed by atoms with E-state index in [2.05, 4.69) is 11.9 Å². The number of allylic oxidation sites excluding steroid dienone is 1. The minimum atomic E-state index is -0.155. The highest BCUT2D eigenvalue weighted by Gasteiger charge is 2.04. The van der Waals surface area contributed by atoms with Gasteiger partial charge in [0.25, 0.3) is 5.91 Å². The number of hydrogen-bond donors (Lipinski definition) is 2. The molecular weight excluding hydrogens is 200 g/mol. The number of nitrogens with one attached hydrogen (secondary N) is 1. The summed E-state index contributed by atoms with van der Waals surface area (Å²) >= 11 is 0. The summed E-state index contributed by atoms with van der Waals surface area (Å²) in [6, 6.07) is 7.44. The van der Waals surface area contributed by atoms with Crippen LogP contribution < -0.4 is 11.1 Å². The largest absolute Gasteiger partial charge is 0.326 e. The average Bonchev–Trinajstić information content (AvgIpc) is 2.31. The van der Waals surface area contributed by atoms with E-state index in [-0.39, 0.29) is 5.91 Å². The molecule has 0 spiro atoms. The van der Waals surface area contributed by atoms with Crippen molar-refractivity contribution >= 4 is 11.6 Å². The Bertz CT molecular complexity index is 404. The van der Waals surface area contributed by atoms with Crippen LogP contribution in [0.4, 0.5) is 5.69 Å². The molecule has 1 aromatic rings. The van der Waals surface area contributed by atoms with Crippen molar-refractivity contribution in [1.82, 2.24) is 0 Å². The minimum Gasteiger partial charge on any atom is -0.326 e. The van der Waals surface area contributed by atoms with Crippen molar-refractivity contribution in [2.75, 3.05) is 5.32 Å². The van der Waals surface area contributed by atoms with Gasteiger partial charge in [-0.2, -0.15) is 0 Å². The van der Waals surface area contributed by atoms with Crippen LogP contribution in [-0.4, -0.2) is 5.91 Å². The number of carbonyl (C=O) groups excluding carboxylic acids is 1. The van der Waals surface area contributed by atoms with Crippen LogP contribution >= 0.6 is 0 Å². The molecule has 3 N–H and O–H groups in total. The molecule has 0 fully saturated rings. The van der Waals surface area contributed by atoms with Crippen LogP contribution in [0.1, 0.15) is 12.5 Å². The van der Waals surface area contributed by atoms with E-state index in [4.69, 9.17) is 5.73 Å². The van der Waals surface area contributed by atoms with Crippen molar-refractivity contribution in [3.05, 3.63) is 54.1 Å². The Balaban J connectivity index is 2.73. The molecule has 0 bridgehead atoms. The first-order chi connectivity index (χ1) is 7.71. The first kappa shape index (κ1) is 12.2. The fraction of sp³-hybridized carbons (Fsp3) is 0.154. The third kappa shape index (κ3) is 3.07. The summed E-state index contributed by atoms with van der Waals surface area (Å²) < 4.78 is 0. The van der Waals surface area contributed by atoms with Crippen LogP contribution in [0.15, 0.2) is 48.6 Å². The summed E-state index contributed by atoms with van der Waals surface area (Å²) in [4.78, 5) is 11.7. The van der Waals surface area contributed by atoms with Gasteiger partial charge in [0.15, 0.2) is 0 Å². The summed E-state index contributed by atoms with van der Waals surface area (Å²) in [5.41, 5.74) is 7.83. The number of hydrogen-bond acceptors (Lipinski definition) is 2. The highest BCUT2D eigenvalue weighted by Crippen LogP contribution is 2.10. The molecule has 0 unspecified atom stereocenters. The van der Waals surface area contributed by atoms with E-state index >= 15 is 0 Å². The van der Waals surface area contributed by atoms with Crippen LogP contribution in [0.3, 0.4) is 0 Å². The van der Waals surface area contributed by atoms with E-state index in [0.29, 0.717) is 12.1 Å². The maximum atomic E-state index is 11.7. The zero-order valence-electron chi connectivity index (χ0n) is 9.36. The van der Waals surface area contributed by atoms with Crippen molar-refractivity contribution < 1.29 is 4.79 Å². The van der Waals surface area contributed by atoms with Gasteiger partial charge < -0.3 is 11.1 Å². The summed E-state index contributed by atoms with van der Waals surface area (Å²) in [6.45, 7) is 5.88. The van der Waals surface area contributed by atoms with Crippen molar-refractivity contribution in [2.45, 2.75) is 13.5 Å². The molecule has 0 aromatic heterocycles. The van der Waals surface area contributed by atoms with Crippen LogP contribution in [0, 0.1) is 0 Å². The quantitative estimate of drug-likeness (QED) is 0.599. The standard InChI is InChI=1S/C13H16N2O/c1-3-11(4-2)13(16)15-12-7-5-10(9-14)6-8-12/h3-8H,1,9,14H2,2H3,(H,15,16)/b11-4+. The molecule has 0 atom stereocenters. The van der Waals surface area contributed by atoms with E-state index < -0.39 is 0 Å². The fourth-order valence-corrected chi connectivity index (χ4v) is 1.27. The molecular formula is C13H16N2O. The van der Waals surface area contributed by atoms with Gasteiger partial charge in [-0.15, -0.1) is 0 Å². The number of nitrogens with two attached hydrogens (primary N) is 1. The normalized spacial score (nSPS) is 11.0. The van der Waals surface area contributed by atoms with Gasteiger partial charge in [0.2, 0.25) is 0 Å². The zero-order valence-corrected chi connectivity index (χ0v) is 9.36. The molecule has 0 heterocycles. The van der Waals surface area contributed by atoms with Crippen LogP contribution in [0.5, 0.6) is 0 Å². The fourth-order valence-electron chi connectivity index (χ4n) is 1.27. The van der Waals surface area contributed by atoms with Gasteiger partial charge in [-0.1, -0.05) is 30.9 Å². The molecule has 0 saturated carbocycles. The van der Waals surface area contributed by atoms with Gasteiger partial charge in [0, 0.05) is 17.8 Å². The van der Waals surface area contributed by atoms with Gasteiger partial charge in [-0.3, -0.25) is 4.79 Å². The van der Waals surface area contributed by atoms with E-state index in [1.54, 1.807) is 13.0 Å². The second-order valence-corrected chi connectivity index (χ2v) is 3.30. The Labute approximate surface area is 95.7 Å². The molecule has 0 saturated heterocycles. The molecule has 1 amide bonds. The predicted molar refractivity (Wildman–Crippen MR) is 66.9 cm³/mol. The Kier molecular flexibility index (Phi) is 4.48. The summed E-state index contributed by atoms with van der Waals surface area (Å²) in [7, 11) is 0. The third-order valence-corrected chi connectivity index (χ3v) is 2.24. The molecule has 0 aliphatic heterocycles. The second kappa shape index (κ2) is 5.88. The van der Waals surface area contributed by atoms with Crippen molar-refractivity contribution in [3.8, 4) is 0 Å². The first-order valence-corrected chi connectivity index (χ1v) is 5.10. The predicted octanol–water partition coefficient (Wildman–Crippen LogP) is 2.22. The molecule has 0 aliphatic carbocycles. The third-order valence-electron chi connectivity index (χ3n) is 2.24. The smallest absolute Gasteiger partial charge is 0.255 e. The maximum absolute atomic E-state index is 11.7. The van der Waals surface area contributed by atoms with Gasteiger partial charge in [-0.25, -0.2) is 0 Å². The molecule has 16 heavy (non-hydrogen) atoms. The number of benzene rings is 1. The lowest BCUT2D eigenvalue weighted by atomic mass is 10.2. The van der Waals surface area contributed by atoms with Crippen molar-refractivity contribution in [3.63, 3.8) is 0 Å². The van der Waals surface area contributed by atoms with Crippen LogP contribution in [0.2, 0.25) is 0 Å². The van der Waals surface area contributed by atoms with E-state index in [0.717, 1.165) is 11.3 Å². The van der Waals surface area contributed by atoms with Crippen molar-refractivity contribution in [1.29, 1.82) is 0 Å². The topological polar surface area (TPSA) is 55.1 Å². The molecule has 3 heteroatoms. The molecule has 1 rings (SSSR count). The van der Waals surface area contributed by atoms with Gasteiger partial charge in [0.05, 0.1) is 0 Å². The van der Waals surface area contributed by atoms with Gasteiger partial charge in [-0.05, 0) is 24.6 Å². The lowest BCUT2D eigenvalue weighted by Crippen LogP contribution is -2.13. The number of anilines is 1. The second-order valence-electron chi connectivity index (χ2n) is 3.30. The number of carbonyl (C=O) groups is 1. The highest BCUT2D eigenvalue weighted by molar-refractivity contribution is 6.05. The van der Waals surface area contributed by atoms with E-state index in [9.17, 15) is 4.79 Å². The highest BCUT2D eigenvalue weighted by atomic mass is 16.1. The molecule has 1 aromatic carbocycles. The summed E-state index contributed by atoms with van der Waals surface area (Å²) in [6.07, 6.45) is 3.25. The SMILES string of the molecule is C=C/C(=C\C)C(=O)Nc1ccc(CN)cc1. The molecule has 0 aliphatic rings. The molecule has 3 nitrogen and oxygen atoms in total. The Morgan fingerprint density at radius 1 is 1.44 bits per heavy atom. The number of rotatable bonds is 4. The monoisotopic (exact) mass is 216 g/mol. The Morgan fingerprint density at radius 3 is 2.50 bits per heavy atom. The van der Waals surface area contributed by atoms with Crippen LogP contribution in [0.25, 0.3) is 0 Å². The Morgan fingerprint density at radius 2 is 2.06 bits per heavy atom. The zero-order chi connectivity index (χ0) is 12.0. The van der Waals surface area contributed by atoms with Gasteiger partial charge >= 0.3 is 0 Å². The average molecular weight is 216 g/mol.